The molecule has 4 heteroatoms. The lowest BCUT2D eigenvalue weighted by Crippen LogP contribution is -2.32. The highest BCUT2D eigenvalue weighted by Gasteiger charge is 2.33. The summed E-state index contributed by atoms with van der Waals surface area (Å²) < 4.78 is 0. The average molecular weight is 295 g/mol. The summed E-state index contributed by atoms with van der Waals surface area (Å²) in [4.78, 5) is 12.4. The zero-order valence-corrected chi connectivity index (χ0v) is 13.3. The Morgan fingerprint density at radius 3 is 2.65 bits per heavy atom. The molecule has 2 rings (SSSR count). The predicted octanol–water partition coefficient (Wildman–Crippen LogP) is 4.14. The fourth-order valence-electron chi connectivity index (χ4n) is 3.48. The molecular weight excluding hydrogens is 270 g/mol. The molecule has 0 saturated heterocycles. The Morgan fingerprint density at radius 1 is 1.40 bits per heavy atom. The van der Waals surface area contributed by atoms with E-state index in [0.717, 1.165) is 23.9 Å². The fraction of sp³-hybridized carbons (Fsp3) is 0.688. The highest BCUT2D eigenvalue weighted by Crippen LogP contribution is 2.42. The van der Waals surface area contributed by atoms with Gasteiger partial charge in [-0.15, -0.1) is 11.3 Å². The minimum atomic E-state index is -0.826. The first-order valence-corrected chi connectivity index (χ1v) is 8.35. The van der Waals surface area contributed by atoms with Gasteiger partial charge >= 0.3 is 5.97 Å². The SMILES string of the molecule is CC(C)CC1(CNCc2ccc(C(=O)O)s2)CCCC1. The molecule has 0 amide bonds. The van der Waals surface area contributed by atoms with E-state index >= 15 is 0 Å². The molecule has 20 heavy (non-hydrogen) atoms. The van der Waals surface area contributed by atoms with Gasteiger partial charge in [0, 0.05) is 18.0 Å². The molecule has 0 spiro atoms. The van der Waals surface area contributed by atoms with Crippen molar-refractivity contribution < 1.29 is 9.90 Å². The van der Waals surface area contributed by atoms with E-state index in [2.05, 4.69) is 19.2 Å². The number of carboxylic acid groups (broad SMARTS) is 1. The summed E-state index contributed by atoms with van der Waals surface area (Å²) in [7, 11) is 0. The van der Waals surface area contributed by atoms with E-state index in [0.29, 0.717) is 10.3 Å². The van der Waals surface area contributed by atoms with Gasteiger partial charge < -0.3 is 10.4 Å². The molecule has 1 aromatic heterocycles. The first-order chi connectivity index (χ1) is 9.51. The van der Waals surface area contributed by atoms with Crippen LogP contribution in [0, 0.1) is 11.3 Å². The van der Waals surface area contributed by atoms with Crippen LogP contribution >= 0.6 is 11.3 Å². The average Bonchev–Trinajstić information content (AvgIpc) is 2.98. The van der Waals surface area contributed by atoms with Gasteiger partial charge in [0.15, 0.2) is 0 Å². The molecule has 1 aliphatic carbocycles. The summed E-state index contributed by atoms with van der Waals surface area (Å²) in [5.41, 5.74) is 0.473. The topological polar surface area (TPSA) is 49.3 Å². The molecular formula is C16H25NO2S. The smallest absolute Gasteiger partial charge is 0.345 e. The molecule has 0 aliphatic heterocycles. The molecule has 0 radical (unpaired) electrons. The molecule has 1 aromatic rings. The number of carboxylic acids is 1. The van der Waals surface area contributed by atoms with E-state index in [-0.39, 0.29) is 0 Å². The molecule has 112 valence electrons. The van der Waals surface area contributed by atoms with Crippen molar-refractivity contribution in [2.45, 2.75) is 52.5 Å². The van der Waals surface area contributed by atoms with E-state index in [1.165, 1.54) is 43.4 Å². The summed E-state index contributed by atoms with van der Waals surface area (Å²) in [5.74, 6) is -0.0800. The summed E-state index contributed by atoms with van der Waals surface area (Å²) in [5, 5.41) is 12.5. The lowest BCUT2D eigenvalue weighted by molar-refractivity contribution is 0.0702. The monoisotopic (exact) mass is 295 g/mol. The molecule has 0 atom stereocenters. The normalized spacial score (nSPS) is 17.8. The minimum Gasteiger partial charge on any atom is -0.477 e. The number of nitrogens with one attached hydrogen (secondary N) is 1. The van der Waals surface area contributed by atoms with Gasteiger partial charge in [-0.25, -0.2) is 4.79 Å². The van der Waals surface area contributed by atoms with Gasteiger partial charge in [0.1, 0.15) is 4.88 Å². The molecule has 2 N–H and O–H groups in total. The molecule has 1 aliphatic rings. The highest BCUT2D eigenvalue weighted by atomic mass is 32.1. The zero-order chi connectivity index (χ0) is 14.6. The van der Waals surface area contributed by atoms with Gasteiger partial charge in [-0.05, 0) is 42.7 Å². The highest BCUT2D eigenvalue weighted by molar-refractivity contribution is 7.13. The maximum Gasteiger partial charge on any atom is 0.345 e. The largest absolute Gasteiger partial charge is 0.477 e. The van der Waals surface area contributed by atoms with E-state index in [1.54, 1.807) is 6.07 Å². The van der Waals surface area contributed by atoms with Gasteiger partial charge in [0.25, 0.3) is 0 Å². The van der Waals surface area contributed by atoms with Crippen LogP contribution in [0.4, 0.5) is 0 Å². The van der Waals surface area contributed by atoms with Crippen LogP contribution in [0.1, 0.15) is 60.5 Å². The van der Waals surface area contributed by atoms with Crippen LogP contribution in [-0.4, -0.2) is 17.6 Å². The second-order valence-corrected chi connectivity index (χ2v) is 7.65. The number of thiophene rings is 1. The van der Waals surface area contributed by atoms with E-state index in [4.69, 9.17) is 5.11 Å². The van der Waals surface area contributed by atoms with Crippen molar-refractivity contribution in [2.24, 2.45) is 11.3 Å². The Labute approximate surface area is 125 Å². The van der Waals surface area contributed by atoms with Gasteiger partial charge in [-0.2, -0.15) is 0 Å². The van der Waals surface area contributed by atoms with Gasteiger partial charge in [0.05, 0.1) is 0 Å². The van der Waals surface area contributed by atoms with Gasteiger partial charge in [-0.1, -0.05) is 26.7 Å². The second kappa shape index (κ2) is 6.72. The van der Waals surface area contributed by atoms with E-state index in [1.807, 2.05) is 6.07 Å². The third kappa shape index (κ3) is 4.06. The lowest BCUT2D eigenvalue weighted by Gasteiger charge is -2.31. The zero-order valence-electron chi connectivity index (χ0n) is 12.4. The van der Waals surface area contributed by atoms with Gasteiger partial charge in [-0.3, -0.25) is 0 Å². The number of aromatic carboxylic acids is 1. The summed E-state index contributed by atoms with van der Waals surface area (Å²) in [6.45, 7) is 6.46. The summed E-state index contributed by atoms with van der Waals surface area (Å²) >= 11 is 1.37. The van der Waals surface area contributed by atoms with Crippen molar-refractivity contribution in [1.29, 1.82) is 0 Å². The molecule has 1 fully saturated rings. The number of carbonyl (C=O) groups is 1. The Kier molecular flexibility index (Phi) is 5.22. The minimum absolute atomic E-state index is 0.430. The van der Waals surface area contributed by atoms with Crippen LogP contribution in [0.5, 0.6) is 0 Å². The Hall–Kier alpha value is -0.870. The molecule has 0 bridgehead atoms. The van der Waals surface area contributed by atoms with Crippen LogP contribution in [0.2, 0.25) is 0 Å². The van der Waals surface area contributed by atoms with Crippen molar-refractivity contribution in [3.05, 3.63) is 21.9 Å². The lowest BCUT2D eigenvalue weighted by atomic mass is 9.78. The van der Waals surface area contributed by atoms with Crippen molar-refractivity contribution in [1.82, 2.24) is 5.32 Å². The number of hydrogen-bond donors (Lipinski definition) is 2. The van der Waals surface area contributed by atoms with Crippen molar-refractivity contribution in [2.75, 3.05) is 6.54 Å². The summed E-state index contributed by atoms with van der Waals surface area (Å²) in [6, 6.07) is 3.62. The number of rotatable bonds is 7. The van der Waals surface area contributed by atoms with Crippen LogP contribution in [0.15, 0.2) is 12.1 Å². The third-order valence-electron chi connectivity index (χ3n) is 4.18. The van der Waals surface area contributed by atoms with Crippen LogP contribution in [0.3, 0.4) is 0 Å². The van der Waals surface area contributed by atoms with Crippen LogP contribution in [-0.2, 0) is 6.54 Å². The van der Waals surface area contributed by atoms with Crippen molar-refractivity contribution in [3.63, 3.8) is 0 Å². The Bertz CT molecular complexity index is 447. The second-order valence-electron chi connectivity index (χ2n) is 6.48. The standard InChI is InChI=1S/C16H25NO2S/c1-12(2)9-16(7-3-4-8-16)11-17-10-13-5-6-14(20-13)15(18)19/h5-6,12,17H,3-4,7-11H2,1-2H3,(H,18,19). The molecule has 0 unspecified atom stereocenters. The Morgan fingerprint density at radius 2 is 2.10 bits per heavy atom. The number of hydrogen-bond acceptors (Lipinski definition) is 3. The predicted molar refractivity (Wildman–Crippen MR) is 83.3 cm³/mol. The maximum absolute atomic E-state index is 10.9. The van der Waals surface area contributed by atoms with Crippen LogP contribution in [0.25, 0.3) is 0 Å². The summed E-state index contributed by atoms with van der Waals surface area (Å²) in [6.07, 6.45) is 6.68. The maximum atomic E-state index is 10.9. The molecule has 1 heterocycles. The Balaban J connectivity index is 1.85. The van der Waals surface area contributed by atoms with Crippen molar-refractivity contribution in [3.8, 4) is 0 Å². The van der Waals surface area contributed by atoms with Crippen molar-refractivity contribution >= 4 is 17.3 Å². The fourth-order valence-corrected chi connectivity index (χ4v) is 4.30. The van der Waals surface area contributed by atoms with E-state index < -0.39 is 5.97 Å². The molecule has 0 aromatic carbocycles. The van der Waals surface area contributed by atoms with Crippen LogP contribution < -0.4 is 5.32 Å². The molecule has 3 nitrogen and oxygen atoms in total. The third-order valence-corrected chi connectivity index (χ3v) is 5.25. The first kappa shape index (κ1) is 15.5. The van der Waals surface area contributed by atoms with Gasteiger partial charge in [0.2, 0.25) is 0 Å². The molecule has 1 saturated carbocycles. The quantitative estimate of drug-likeness (QED) is 0.794. The van der Waals surface area contributed by atoms with E-state index in [9.17, 15) is 4.79 Å². The first-order valence-electron chi connectivity index (χ1n) is 7.53.